The Balaban J connectivity index is 1.70. The Labute approximate surface area is 244 Å². The van der Waals surface area contributed by atoms with Crippen LogP contribution in [0.4, 0.5) is 28.9 Å². The van der Waals surface area contributed by atoms with Gasteiger partial charge in [0.15, 0.2) is 0 Å². The number of rotatable bonds is 6. The number of anilines is 2. The molecule has 7 heteroatoms. The second-order valence-electron chi connectivity index (χ2n) is 13.1. The third kappa shape index (κ3) is 4.39. The Hall–Kier alpha value is -2.57. The Morgan fingerprint density at radius 3 is 1.29 bits per heavy atom. The number of halogens is 4. The Morgan fingerprint density at radius 1 is 0.610 bits per heavy atom. The van der Waals surface area contributed by atoms with Gasteiger partial charge in [-0.1, -0.05) is 0 Å². The zero-order chi connectivity index (χ0) is 29.2. The second kappa shape index (κ2) is 10.3. The van der Waals surface area contributed by atoms with Gasteiger partial charge in [-0.3, -0.25) is 0 Å². The summed E-state index contributed by atoms with van der Waals surface area (Å²) in [5, 5.41) is 0. The molecule has 2 aromatic rings. The molecule has 0 spiro atoms. The SMILES string of the molecule is CC1(C)CCCN1c1ccc(F)[c]([Ti]([c]2c(F)ccc(N3CCCC3(C)C)c2F)([CH]2C=CC=C2)[CH]2C=CC=C2)c1F. The third-order valence-corrected chi connectivity index (χ3v) is 18.4. The molecule has 6 rings (SSSR count). The number of hydrogen-bond donors (Lipinski definition) is 0. The molecule has 2 saturated heterocycles. The Kier molecular flexibility index (Phi) is 7.18. The van der Waals surface area contributed by atoms with Crippen molar-refractivity contribution >= 4 is 19.1 Å². The molecule has 216 valence electrons. The van der Waals surface area contributed by atoms with Crippen LogP contribution in [0.5, 0.6) is 0 Å². The van der Waals surface area contributed by atoms with Crippen LogP contribution in [0, 0.1) is 23.3 Å². The van der Waals surface area contributed by atoms with Gasteiger partial charge in [0.2, 0.25) is 0 Å². The summed E-state index contributed by atoms with van der Waals surface area (Å²) in [5.74, 6) is -2.80. The third-order valence-electron chi connectivity index (χ3n) is 9.90. The van der Waals surface area contributed by atoms with Gasteiger partial charge in [0.1, 0.15) is 0 Å². The Bertz CT molecular complexity index is 1350. The summed E-state index contributed by atoms with van der Waals surface area (Å²) in [6, 6.07) is 5.64. The average Bonchev–Trinajstić information content (AvgIpc) is 3.72. The Morgan fingerprint density at radius 2 is 0.976 bits per heavy atom. The first kappa shape index (κ1) is 28.5. The summed E-state index contributed by atoms with van der Waals surface area (Å²) in [7, 11) is 0. The van der Waals surface area contributed by atoms with Gasteiger partial charge >= 0.3 is 245 Å². The minimum atomic E-state index is -4.81. The van der Waals surface area contributed by atoms with Crippen LogP contribution in [-0.4, -0.2) is 24.2 Å². The fourth-order valence-corrected chi connectivity index (χ4v) is 16.6. The summed E-state index contributed by atoms with van der Waals surface area (Å²) in [4.78, 5) is 3.99. The van der Waals surface area contributed by atoms with Crippen molar-refractivity contribution in [2.45, 2.75) is 72.9 Å². The zero-order valence-electron chi connectivity index (χ0n) is 24.2. The van der Waals surface area contributed by atoms with Crippen molar-refractivity contribution in [1.29, 1.82) is 0 Å². The predicted molar refractivity (Wildman–Crippen MR) is 157 cm³/mol. The number of allylic oxidation sites excluding steroid dienone is 8. The average molecular weight is 599 g/mol. The van der Waals surface area contributed by atoms with Crippen molar-refractivity contribution in [2.75, 3.05) is 22.9 Å². The molecule has 2 aliphatic carbocycles. The van der Waals surface area contributed by atoms with Gasteiger partial charge in [-0.2, -0.15) is 0 Å². The van der Waals surface area contributed by atoms with E-state index in [0.29, 0.717) is 24.5 Å². The van der Waals surface area contributed by atoms with E-state index >= 15 is 17.6 Å². The van der Waals surface area contributed by atoms with Crippen LogP contribution in [-0.2, 0) is 16.6 Å². The maximum atomic E-state index is 17.2. The maximum absolute atomic E-state index is 17.2. The molecule has 2 aromatic carbocycles. The van der Waals surface area contributed by atoms with Gasteiger partial charge in [-0.15, -0.1) is 0 Å². The molecule has 0 N–H and O–H groups in total. The van der Waals surface area contributed by atoms with Crippen LogP contribution in [0.15, 0.2) is 72.9 Å². The molecule has 2 fully saturated rings. The summed E-state index contributed by atoms with van der Waals surface area (Å²) in [6.45, 7) is 9.52. The van der Waals surface area contributed by atoms with Crippen LogP contribution in [0.3, 0.4) is 0 Å². The molecule has 0 saturated carbocycles. The van der Waals surface area contributed by atoms with Gasteiger partial charge in [-0.05, 0) is 0 Å². The minimum absolute atomic E-state index is 0.108. The molecule has 0 bridgehead atoms. The van der Waals surface area contributed by atoms with Crippen molar-refractivity contribution < 1.29 is 34.2 Å². The predicted octanol–water partition coefficient (Wildman–Crippen LogP) is 7.93. The quantitative estimate of drug-likeness (QED) is 0.246. The number of nitrogens with zero attached hydrogens (tertiary/aromatic N) is 2. The summed E-state index contributed by atoms with van der Waals surface area (Å²) in [5.41, 5.74) is -0.00481. The fourth-order valence-electron chi connectivity index (χ4n) is 7.85. The van der Waals surface area contributed by atoms with Crippen molar-refractivity contribution in [1.82, 2.24) is 0 Å². The molecule has 4 aliphatic rings. The van der Waals surface area contributed by atoms with Gasteiger partial charge in [-0.25, -0.2) is 0 Å². The molecule has 2 heterocycles. The van der Waals surface area contributed by atoms with Crippen LogP contribution in [0.1, 0.15) is 53.4 Å². The molecule has 0 radical (unpaired) electrons. The molecule has 0 aromatic heterocycles. The van der Waals surface area contributed by atoms with E-state index in [-0.39, 0.29) is 18.8 Å². The second-order valence-corrected chi connectivity index (χ2v) is 19.5. The molecule has 0 atom stereocenters. The van der Waals surface area contributed by atoms with Crippen LogP contribution >= 0.6 is 0 Å². The monoisotopic (exact) mass is 598 g/mol. The summed E-state index contributed by atoms with van der Waals surface area (Å²) in [6.07, 6.45) is 18.4. The van der Waals surface area contributed by atoms with Crippen molar-refractivity contribution in [3.8, 4) is 0 Å². The normalized spacial score (nSPS) is 21.8. The molecule has 2 aliphatic heterocycles. The van der Waals surface area contributed by atoms with E-state index in [2.05, 4.69) is 27.7 Å². The van der Waals surface area contributed by atoms with E-state index in [1.165, 1.54) is 24.3 Å². The van der Waals surface area contributed by atoms with E-state index in [9.17, 15) is 0 Å². The van der Waals surface area contributed by atoms with Crippen LogP contribution in [0.2, 0.25) is 8.45 Å². The molecule has 0 amide bonds. The van der Waals surface area contributed by atoms with E-state index < -0.39 is 48.3 Å². The van der Waals surface area contributed by atoms with Gasteiger partial charge < -0.3 is 0 Å². The molecular weight excluding hydrogens is 560 g/mol. The van der Waals surface area contributed by atoms with Crippen molar-refractivity contribution in [2.24, 2.45) is 0 Å². The van der Waals surface area contributed by atoms with E-state index in [1.807, 2.05) is 58.4 Å². The molecule has 2 nitrogen and oxygen atoms in total. The fraction of sp³-hybridized carbons (Fsp3) is 0.412. The zero-order valence-corrected chi connectivity index (χ0v) is 25.8. The number of hydrogen-bond acceptors (Lipinski definition) is 2. The van der Waals surface area contributed by atoms with Crippen molar-refractivity contribution in [3.63, 3.8) is 0 Å². The standard InChI is InChI=1S/2C12H14F2N.2C5H5.Ti/c2*1-12(2)6-3-7-15(12)11-5-4-9(13)8-10(11)14;2*1-2-4-5-3-1;/h2*4-5H,3,6-7H2,1-2H3;2*1-5H;. The number of benzene rings is 2. The van der Waals surface area contributed by atoms with E-state index in [4.69, 9.17) is 0 Å². The van der Waals surface area contributed by atoms with Crippen LogP contribution < -0.4 is 17.5 Å². The van der Waals surface area contributed by atoms with Gasteiger partial charge in [0.05, 0.1) is 0 Å². The summed E-state index contributed by atoms with van der Waals surface area (Å²) >= 11 is -4.81. The first-order valence-electron chi connectivity index (χ1n) is 14.7. The molecule has 0 unspecified atom stereocenters. The summed E-state index contributed by atoms with van der Waals surface area (Å²) < 4.78 is 66.0. The van der Waals surface area contributed by atoms with E-state index in [1.54, 1.807) is 0 Å². The molecular formula is C34H38F4N2Ti. The first-order chi connectivity index (χ1) is 19.5. The molecule has 41 heavy (non-hydrogen) atoms. The van der Waals surface area contributed by atoms with Gasteiger partial charge in [0.25, 0.3) is 0 Å². The first-order valence-corrected chi connectivity index (χ1v) is 18.1. The topological polar surface area (TPSA) is 6.48 Å². The van der Waals surface area contributed by atoms with Gasteiger partial charge in [0, 0.05) is 0 Å². The van der Waals surface area contributed by atoms with Crippen LogP contribution in [0.25, 0.3) is 0 Å². The van der Waals surface area contributed by atoms with Crippen molar-refractivity contribution in [3.05, 3.63) is 96.1 Å². The van der Waals surface area contributed by atoms with E-state index in [0.717, 1.165) is 25.7 Å².